The van der Waals surface area contributed by atoms with Crippen molar-refractivity contribution in [3.8, 4) is 0 Å². The van der Waals surface area contributed by atoms with Gasteiger partial charge in [-0.2, -0.15) is 11.8 Å². The van der Waals surface area contributed by atoms with Crippen LogP contribution in [0.1, 0.15) is 24.0 Å². The molecule has 0 aromatic heterocycles. The molecule has 144 valence electrons. The molecule has 2 rings (SSSR count). The number of carbonyl (C=O) groups excluding carboxylic acids is 2. The van der Waals surface area contributed by atoms with Gasteiger partial charge in [0.1, 0.15) is 11.6 Å². The minimum Gasteiger partial charge on any atom is -0.324 e. The Morgan fingerprint density at radius 1 is 0.815 bits per heavy atom. The highest BCUT2D eigenvalue weighted by Crippen LogP contribution is 2.17. The monoisotopic (exact) mass is 392 g/mol. The van der Waals surface area contributed by atoms with Crippen LogP contribution in [0.5, 0.6) is 0 Å². The standard InChI is InChI=1S/C20H22F2N2O2S/c1-13-3-5-15(21)17(11-13)23-19(25)7-9-27-10-8-20(26)24-18-12-14(2)4-6-16(18)22/h3-6,11-12H,7-10H2,1-2H3,(H,23,25)(H,24,26). The summed E-state index contributed by atoms with van der Waals surface area (Å²) in [5.41, 5.74) is 2.06. The topological polar surface area (TPSA) is 58.2 Å². The third-order valence-corrected chi connectivity index (χ3v) is 4.72. The summed E-state index contributed by atoms with van der Waals surface area (Å²) in [6, 6.07) is 9.05. The van der Waals surface area contributed by atoms with E-state index >= 15 is 0 Å². The predicted molar refractivity (Wildman–Crippen MR) is 106 cm³/mol. The second kappa shape index (κ2) is 10.1. The van der Waals surface area contributed by atoms with Crippen molar-refractivity contribution in [3.05, 3.63) is 59.2 Å². The van der Waals surface area contributed by atoms with Gasteiger partial charge in [-0.25, -0.2) is 8.78 Å². The van der Waals surface area contributed by atoms with Gasteiger partial charge in [0.25, 0.3) is 0 Å². The van der Waals surface area contributed by atoms with Crippen LogP contribution in [-0.4, -0.2) is 23.3 Å². The molecule has 0 radical (unpaired) electrons. The fraction of sp³-hybridized carbons (Fsp3) is 0.300. The summed E-state index contributed by atoms with van der Waals surface area (Å²) in [5, 5.41) is 5.09. The third-order valence-electron chi connectivity index (χ3n) is 3.74. The highest BCUT2D eigenvalue weighted by molar-refractivity contribution is 7.99. The molecule has 0 heterocycles. The van der Waals surface area contributed by atoms with Gasteiger partial charge >= 0.3 is 0 Å². The maximum Gasteiger partial charge on any atom is 0.225 e. The fourth-order valence-electron chi connectivity index (χ4n) is 2.33. The molecule has 0 saturated carbocycles. The van der Waals surface area contributed by atoms with E-state index in [1.54, 1.807) is 24.3 Å². The van der Waals surface area contributed by atoms with Gasteiger partial charge in [-0.15, -0.1) is 0 Å². The summed E-state index contributed by atoms with van der Waals surface area (Å²) in [6.07, 6.45) is 0.429. The number of hydrogen-bond donors (Lipinski definition) is 2. The van der Waals surface area contributed by atoms with Crippen LogP contribution in [0.25, 0.3) is 0 Å². The van der Waals surface area contributed by atoms with Crippen molar-refractivity contribution in [2.75, 3.05) is 22.1 Å². The van der Waals surface area contributed by atoms with Crippen LogP contribution >= 0.6 is 11.8 Å². The fourth-order valence-corrected chi connectivity index (χ4v) is 3.19. The molecule has 0 unspecified atom stereocenters. The van der Waals surface area contributed by atoms with Gasteiger partial charge in [-0.05, 0) is 49.2 Å². The SMILES string of the molecule is Cc1ccc(F)c(NC(=O)CCSCCC(=O)Nc2cc(C)ccc2F)c1. The molecule has 0 fully saturated rings. The summed E-state index contributed by atoms with van der Waals surface area (Å²) in [4.78, 5) is 23.7. The molecule has 0 spiro atoms. The number of aryl methyl sites for hydroxylation is 2. The molecule has 0 aliphatic heterocycles. The molecule has 27 heavy (non-hydrogen) atoms. The molecule has 0 aliphatic rings. The Morgan fingerprint density at radius 3 is 1.63 bits per heavy atom. The van der Waals surface area contributed by atoms with E-state index < -0.39 is 11.6 Å². The van der Waals surface area contributed by atoms with Crippen LogP contribution in [0.15, 0.2) is 36.4 Å². The van der Waals surface area contributed by atoms with Gasteiger partial charge in [0, 0.05) is 24.3 Å². The van der Waals surface area contributed by atoms with Gasteiger partial charge in [-0.3, -0.25) is 9.59 Å². The lowest BCUT2D eigenvalue weighted by atomic mass is 10.2. The van der Waals surface area contributed by atoms with E-state index in [0.717, 1.165) is 11.1 Å². The number of benzene rings is 2. The molecule has 2 N–H and O–H groups in total. The van der Waals surface area contributed by atoms with E-state index in [-0.39, 0.29) is 36.0 Å². The predicted octanol–water partition coefficient (Wildman–Crippen LogP) is 4.67. The summed E-state index contributed by atoms with van der Waals surface area (Å²) in [5.74, 6) is -0.489. The van der Waals surface area contributed by atoms with Crippen molar-refractivity contribution in [2.45, 2.75) is 26.7 Å². The Balaban J connectivity index is 1.66. The molecule has 0 atom stereocenters. The highest BCUT2D eigenvalue weighted by Gasteiger charge is 2.09. The van der Waals surface area contributed by atoms with Gasteiger partial charge in [0.05, 0.1) is 11.4 Å². The second-order valence-corrected chi connectivity index (χ2v) is 7.40. The van der Waals surface area contributed by atoms with E-state index in [1.807, 2.05) is 13.8 Å². The quantitative estimate of drug-likeness (QED) is 0.642. The van der Waals surface area contributed by atoms with Crippen molar-refractivity contribution in [1.82, 2.24) is 0 Å². The lowest BCUT2D eigenvalue weighted by Crippen LogP contribution is -2.15. The van der Waals surface area contributed by atoms with Crippen LogP contribution in [0.2, 0.25) is 0 Å². The van der Waals surface area contributed by atoms with Gasteiger partial charge in [-0.1, -0.05) is 12.1 Å². The molecular formula is C20H22F2N2O2S. The van der Waals surface area contributed by atoms with Crippen molar-refractivity contribution in [2.24, 2.45) is 0 Å². The first-order valence-electron chi connectivity index (χ1n) is 8.55. The summed E-state index contributed by atoms with van der Waals surface area (Å²) in [7, 11) is 0. The summed E-state index contributed by atoms with van der Waals surface area (Å²) in [6.45, 7) is 3.64. The van der Waals surface area contributed by atoms with Gasteiger partial charge in [0.2, 0.25) is 11.8 Å². The van der Waals surface area contributed by atoms with Crippen LogP contribution in [0, 0.1) is 25.5 Å². The lowest BCUT2D eigenvalue weighted by molar-refractivity contribution is -0.116. The molecule has 4 nitrogen and oxygen atoms in total. The minimum atomic E-state index is -0.471. The van der Waals surface area contributed by atoms with Crippen molar-refractivity contribution >= 4 is 35.0 Å². The minimum absolute atomic E-state index is 0.171. The van der Waals surface area contributed by atoms with Crippen LogP contribution in [0.4, 0.5) is 20.2 Å². The van der Waals surface area contributed by atoms with Crippen LogP contribution in [-0.2, 0) is 9.59 Å². The molecule has 2 aromatic rings. The zero-order chi connectivity index (χ0) is 19.8. The second-order valence-electron chi connectivity index (χ2n) is 6.18. The highest BCUT2D eigenvalue weighted by atomic mass is 32.2. The Labute approximate surface area is 161 Å². The Kier molecular flexibility index (Phi) is 7.79. The van der Waals surface area contributed by atoms with E-state index in [4.69, 9.17) is 0 Å². The number of hydrogen-bond acceptors (Lipinski definition) is 3. The first-order valence-corrected chi connectivity index (χ1v) is 9.70. The Morgan fingerprint density at radius 2 is 1.22 bits per heavy atom. The van der Waals surface area contributed by atoms with Crippen LogP contribution in [0.3, 0.4) is 0 Å². The third kappa shape index (κ3) is 7.02. The number of rotatable bonds is 8. The largest absolute Gasteiger partial charge is 0.324 e. The molecule has 0 saturated heterocycles. The number of nitrogens with one attached hydrogen (secondary N) is 2. The number of carbonyl (C=O) groups is 2. The molecule has 2 amide bonds. The lowest BCUT2D eigenvalue weighted by Gasteiger charge is -2.08. The average Bonchev–Trinajstić information content (AvgIpc) is 2.61. The smallest absolute Gasteiger partial charge is 0.225 e. The zero-order valence-electron chi connectivity index (χ0n) is 15.3. The van der Waals surface area contributed by atoms with Gasteiger partial charge < -0.3 is 10.6 Å². The average molecular weight is 392 g/mol. The number of thioether (sulfide) groups is 1. The van der Waals surface area contributed by atoms with E-state index in [2.05, 4.69) is 10.6 Å². The molecule has 0 aliphatic carbocycles. The first-order chi connectivity index (χ1) is 12.8. The first kappa shape index (κ1) is 20.9. The molecule has 7 heteroatoms. The van der Waals surface area contributed by atoms with E-state index in [1.165, 1.54) is 23.9 Å². The molecular weight excluding hydrogens is 370 g/mol. The maximum atomic E-state index is 13.6. The van der Waals surface area contributed by atoms with Crippen LogP contribution < -0.4 is 10.6 Å². The molecule has 2 aromatic carbocycles. The molecule has 0 bridgehead atoms. The number of halogens is 2. The summed E-state index contributed by atoms with van der Waals surface area (Å²) >= 11 is 1.44. The van der Waals surface area contributed by atoms with Crippen molar-refractivity contribution < 1.29 is 18.4 Å². The Bertz CT molecular complexity index is 760. The number of amides is 2. The van der Waals surface area contributed by atoms with E-state index in [9.17, 15) is 18.4 Å². The summed E-state index contributed by atoms with van der Waals surface area (Å²) < 4.78 is 27.2. The normalized spacial score (nSPS) is 10.5. The Hall–Kier alpha value is -2.41. The maximum absolute atomic E-state index is 13.6. The van der Waals surface area contributed by atoms with E-state index in [0.29, 0.717) is 11.5 Å². The zero-order valence-corrected chi connectivity index (χ0v) is 16.1. The van der Waals surface area contributed by atoms with Crippen molar-refractivity contribution in [3.63, 3.8) is 0 Å². The number of anilines is 2. The van der Waals surface area contributed by atoms with Crippen molar-refractivity contribution in [1.29, 1.82) is 0 Å². The van der Waals surface area contributed by atoms with Gasteiger partial charge in [0.15, 0.2) is 0 Å².